The van der Waals surface area contributed by atoms with Gasteiger partial charge < -0.3 is 15.4 Å². The van der Waals surface area contributed by atoms with Crippen LogP contribution in [0.2, 0.25) is 0 Å². The van der Waals surface area contributed by atoms with Crippen LogP contribution in [0.3, 0.4) is 0 Å². The maximum absolute atomic E-state index is 13.8. The molecule has 28 heavy (non-hydrogen) atoms. The number of aliphatic hydroxyl groups excluding tert-OH is 1. The molecular weight excluding hydrogens is 408 g/mol. The molecule has 10 heteroatoms. The van der Waals surface area contributed by atoms with Crippen molar-refractivity contribution in [1.82, 2.24) is 9.97 Å². The van der Waals surface area contributed by atoms with Crippen LogP contribution in [0.25, 0.3) is 0 Å². The Labute approximate surface area is 170 Å². The number of aromatic amines is 1. The molecule has 6 nitrogen and oxygen atoms in total. The van der Waals surface area contributed by atoms with Gasteiger partial charge in [0.15, 0.2) is 21.9 Å². The number of carbonyl (C=O) groups excluding carboxylic acids is 1. The lowest BCUT2D eigenvalue weighted by Gasteiger charge is -2.19. The largest absolute Gasteiger partial charge is 0.394 e. The summed E-state index contributed by atoms with van der Waals surface area (Å²) < 4.78 is 27.2. The van der Waals surface area contributed by atoms with Gasteiger partial charge in [0.25, 0.3) is 5.56 Å². The molecule has 0 fully saturated rings. The van der Waals surface area contributed by atoms with Gasteiger partial charge in [-0.2, -0.15) is 0 Å². The molecule has 2 aromatic rings. The highest BCUT2D eigenvalue weighted by Crippen LogP contribution is 2.28. The molecule has 1 aromatic heterocycles. The van der Waals surface area contributed by atoms with Gasteiger partial charge in [-0.15, -0.1) is 12.6 Å². The lowest BCUT2D eigenvalue weighted by atomic mass is 9.99. The summed E-state index contributed by atoms with van der Waals surface area (Å²) in [5.41, 5.74) is -0.268. The molecule has 2 atom stereocenters. The fourth-order valence-corrected chi connectivity index (χ4v) is 3.70. The van der Waals surface area contributed by atoms with Crippen LogP contribution in [0.5, 0.6) is 0 Å². The summed E-state index contributed by atoms with van der Waals surface area (Å²) in [5, 5.41) is 11.9. The van der Waals surface area contributed by atoms with Gasteiger partial charge in [0, 0.05) is 17.4 Å². The van der Waals surface area contributed by atoms with Crippen molar-refractivity contribution in [2.75, 3.05) is 11.9 Å². The molecule has 152 valence electrons. The molecular formula is C18H21F2N3O3S2. The first-order chi connectivity index (χ1) is 13.3. The summed E-state index contributed by atoms with van der Waals surface area (Å²) in [6, 6.07) is 3.44. The van der Waals surface area contributed by atoms with Crippen molar-refractivity contribution in [3.63, 3.8) is 0 Å². The van der Waals surface area contributed by atoms with E-state index in [1.807, 2.05) is 0 Å². The van der Waals surface area contributed by atoms with Crippen molar-refractivity contribution in [2.45, 2.75) is 43.1 Å². The number of hydrogen-bond donors (Lipinski definition) is 4. The number of nitrogens with zero attached hydrogens (tertiary/aromatic N) is 1. The Morgan fingerprint density at radius 3 is 2.75 bits per heavy atom. The van der Waals surface area contributed by atoms with Crippen LogP contribution in [0.1, 0.15) is 37.3 Å². The van der Waals surface area contributed by atoms with Crippen LogP contribution < -0.4 is 10.9 Å². The van der Waals surface area contributed by atoms with Gasteiger partial charge in [-0.05, 0) is 19.4 Å². The molecule has 3 N–H and O–H groups in total. The first-order valence-electron chi connectivity index (χ1n) is 8.58. The first kappa shape index (κ1) is 22.4. The predicted octanol–water partition coefficient (Wildman–Crippen LogP) is 3.08. The van der Waals surface area contributed by atoms with Crippen LogP contribution in [0.4, 0.5) is 14.6 Å². The molecule has 2 rings (SSSR count). The number of anilines is 1. The molecule has 0 bridgehead atoms. The monoisotopic (exact) mass is 429 g/mol. The summed E-state index contributed by atoms with van der Waals surface area (Å²) in [7, 11) is 0. The minimum Gasteiger partial charge on any atom is -0.394 e. The fourth-order valence-electron chi connectivity index (χ4n) is 2.55. The number of thioether (sulfide) groups is 1. The van der Waals surface area contributed by atoms with Gasteiger partial charge in [-0.3, -0.25) is 9.59 Å². The lowest BCUT2D eigenvalue weighted by molar-refractivity contribution is -0.112. The Kier molecular flexibility index (Phi) is 8.02. The summed E-state index contributed by atoms with van der Waals surface area (Å²) in [6.07, 6.45) is 0.344. The molecule has 0 aliphatic rings. The van der Waals surface area contributed by atoms with Crippen molar-refractivity contribution in [3.8, 4) is 0 Å². The van der Waals surface area contributed by atoms with E-state index < -0.39 is 34.3 Å². The van der Waals surface area contributed by atoms with E-state index in [0.29, 0.717) is 6.42 Å². The molecule has 1 aromatic carbocycles. The second-order valence-electron chi connectivity index (χ2n) is 6.16. The van der Waals surface area contributed by atoms with Gasteiger partial charge in [-0.25, -0.2) is 13.8 Å². The fraction of sp³-hybridized carbons (Fsp3) is 0.389. The van der Waals surface area contributed by atoms with Crippen LogP contribution in [-0.4, -0.2) is 32.8 Å². The second kappa shape index (κ2) is 10.0. The van der Waals surface area contributed by atoms with Gasteiger partial charge in [0.05, 0.1) is 18.1 Å². The number of nitrogens with one attached hydrogen (secondary N) is 2. The smallest absolute Gasteiger partial charge is 0.257 e. The van der Waals surface area contributed by atoms with E-state index in [1.54, 1.807) is 13.8 Å². The highest BCUT2D eigenvalue weighted by Gasteiger charge is 2.25. The lowest BCUT2D eigenvalue weighted by Crippen LogP contribution is -2.28. The molecule has 1 unspecified atom stereocenters. The summed E-state index contributed by atoms with van der Waals surface area (Å²) in [5.74, 6) is -2.47. The average molecular weight is 430 g/mol. The van der Waals surface area contributed by atoms with E-state index in [-0.39, 0.29) is 34.5 Å². The van der Waals surface area contributed by atoms with Crippen LogP contribution in [-0.2, 0) is 10.5 Å². The predicted molar refractivity (Wildman–Crippen MR) is 108 cm³/mol. The van der Waals surface area contributed by atoms with Crippen molar-refractivity contribution in [1.29, 1.82) is 0 Å². The number of H-pyrrole nitrogens is 1. The molecule has 0 amide bonds. The summed E-state index contributed by atoms with van der Waals surface area (Å²) in [6.45, 7) is 3.22. The quantitative estimate of drug-likeness (QED) is 0.278. The Hall–Kier alpha value is -1.91. The summed E-state index contributed by atoms with van der Waals surface area (Å²) in [4.78, 5) is 31.4. The number of carbonyl (C=O) groups is 1. The maximum atomic E-state index is 13.8. The number of hydrogen-bond acceptors (Lipinski definition) is 6. The number of aromatic nitrogens is 2. The van der Waals surface area contributed by atoms with Gasteiger partial charge >= 0.3 is 0 Å². The van der Waals surface area contributed by atoms with Crippen molar-refractivity contribution in [2.24, 2.45) is 0 Å². The Morgan fingerprint density at radius 1 is 1.43 bits per heavy atom. The SMILES string of the molecule is CCC(C(=O)S)c1c(N[C@H](C)CO)nc(SCc2cccc(F)c2F)[nH]c1=O. The minimum absolute atomic E-state index is 0.0452. The van der Waals surface area contributed by atoms with Crippen LogP contribution in [0, 0.1) is 11.6 Å². The van der Waals surface area contributed by atoms with Crippen LogP contribution >= 0.6 is 24.4 Å². The van der Waals surface area contributed by atoms with E-state index >= 15 is 0 Å². The molecule has 0 aliphatic carbocycles. The normalized spacial score (nSPS) is 13.2. The average Bonchev–Trinajstić information content (AvgIpc) is 2.65. The number of thiol groups is 1. The highest BCUT2D eigenvalue weighted by molar-refractivity contribution is 7.98. The van der Waals surface area contributed by atoms with E-state index in [1.165, 1.54) is 12.1 Å². The summed E-state index contributed by atoms with van der Waals surface area (Å²) >= 11 is 4.87. The van der Waals surface area contributed by atoms with E-state index in [2.05, 4.69) is 27.9 Å². The number of rotatable bonds is 9. The molecule has 0 aliphatic heterocycles. The zero-order chi connectivity index (χ0) is 20.8. The molecule has 1 heterocycles. The van der Waals surface area contributed by atoms with Crippen molar-refractivity contribution in [3.05, 3.63) is 51.3 Å². The minimum atomic E-state index is -0.952. The van der Waals surface area contributed by atoms with E-state index in [0.717, 1.165) is 17.8 Å². The zero-order valence-corrected chi connectivity index (χ0v) is 17.0. The highest BCUT2D eigenvalue weighted by atomic mass is 32.2. The molecule has 0 radical (unpaired) electrons. The third-order valence-corrected chi connectivity index (χ3v) is 5.28. The number of aliphatic hydroxyl groups is 1. The number of benzene rings is 1. The van der Waals surface area contributed by atoms with Crippen molar-refractivity contribution < 1.29 is 18.7 Å². The molecule has 0 saturated heterocycles. The second-order valence-corrected chi connectivity index (χ2v) is 7.57. The Morgan fingerprint density at radius 2 is 2.14 bits per heavy atom. The topological polar surface area (TPSA) is 95.1 Å². The molecule has 0 saturated carbocycles. The van der Waals surface area contributed by atoms with Crippen LogP contribution in [0.15, 0.2) is 28.2 Å². The third kappa shape index (κ3) is 5.33. The van der Waals surface area contributed by atoms with E-state index in [4.69, 9.17) is 0 Å². The standard InChI is InChI=1S/C18H21F2N3O3S2/c1-3-11(17(26)27)13-15(21-9(2)7-24)22-18(23-16(13)25)28-8-10-5-4-6-12(19)14(10)20/h4-6,9,11,24H,3,7-8H2,1-2H3,(H,26,27)(H2,21,22,23,25)/t9-,11?/m1/s1. The Bertz CT molecular complexity index is 908. The van der Waals surface area contributed by atoms with Gasteiger partial charge in [0.2, 0.25) is 0 Å². The third-order valence-electron chi connectivity index (χ3n) is 4.04. The van der Waals surface area contributed by atoms with Gasteiger partial charge in [-0.1, -0.05) is 30.8 Å². The molecule has 0 spiro atoms. The van der Waals surface area contributed by atoms with E-state index in [9.17, 15) is 23.5 Å². The maximum Gasteiger partial charge on any atom is 0.257 e. The van der Waals surface area contributed by atoms with Gasteiger partial charge in [0.1, 0.15) is 5.82 Å². The van der Waals surface area contributed by atoms with Crippen molar-refractivity contribution >= 4 is 35.3 Å². The number of halogens is 2. The zero-order valence-electron chi connectivity index (χ0n) is 15.3. The first-order valence-corrected chi connectivity index (χ1v) is 10.0. The Balaban J connectivity index is 2.39.